The van der Waals surface area contributed by atoms with Crippen molar-refractivity contribution >= 4 is 34.8 Å². The summed E-state index contributed by atoms with van der Waals surface area (Å²) in [5.74, 6) is 0. The number of benzene rings is 1. The third-order valence-corrected chi connectivity index (χ3v) is 3.49. The van der Waals surface area contributed by atoms with Crippen LogP contribution < -0.4 is 5.32 Å². The Morgan fingerprint density at radius 2 is 1.94 bits per heavy atom. The monoisotopic (exact) mass is 297 g/mol. The molecule has 0 aromatic heterocycles. The molecule has 0 spiro atoms. The van der Waals surface area contributed by atoms with Crippen LogP contribution in [0.15, 0.2) is 12.1 Å². The Labute approximate surface area is 116 Å². The van der Waals surface area contributed by atoms with Gasteiger partial charge < -0.3 is 15.2 Å². The topological polar surface area (TPSA) is 41.5 Å². The molecule has 0 radical (unpaired) electrons. The van der Waals surface area contributed by atoms with E-state index in [9.17, 15) is 0 Å². The summed E-state index contributed by atoms with van der Waals surface area (Å²) in [5.41, 5.74) is 0.718. The van der Waals surface area contributed by atoms with E-state index in [0.717, 1.165) is 5.56 Å². The third kappa shape index (κ3) is 4.28. The molecule has 0 fully saturated rings. The highest BCUT2D eigenvalue weighted by molar-refractivity contribution is 6.44. The summed E-state index contributed by atoms with van der Waals surface area (Å²) < 4.78 is 4.95. The third-order valence-electron chi connectivity index (χ3n) is 2.29. The predicted octanol–water partition coefficient (Wildman–Crippen LogP) is 2.74. The quantitative estimate of drug-likeness (QED) is 0.794. The number of halogens is 3. The summed E-state index contributed by atoms with van der Waals surface area (Å²) in [5, 5.41) is 13.6. The molecular weight excluding hydrogens is 284 g/mol. The van der Waals surface area contributed by atoms with Crippen molar-refractivity contribution in [3.05, 3.63) is 32.8 Å². The molecule has 0 bridgehead atoms. The smallest absolute Gasteiger partial charge is 0.0652 e. The van der Waals surface area contributed by atoms with Crippen LogP contribution in [-0.4, -0.2) is 31.5 Å². The number of hydrogen-bond donors (Lipinski definition) is 2. The summed E-state index contributed by atoms with van der Waals surface area (Å²) in [6.07, 6.45) is 0. The number of rotatable bonds is 6. The van der Waals surface area contributed by atoms with Crippen molar-refractivity contribution < 1.29 is 9.84 Å². The normalized spacial score (nSPS) is 12.8. The van der Waals surface area contributed by atoms with Crippen LogP contribution in [0.3, 0.4) is 0 Å². The highest BCUT2D eigenvalue weighted by Crippen LogP contribution is 2.31. The molecule has 0 saturated carbocycles. The Balaban J connectivity index is 2.71. The number of aliphatic hydroxyl groups is 1. The minimum atomic E-state index is -0.161. The minimum Gasteiger partial charge on any atom is -0.395 e. The molecule has 0 saturated heterocycles. The zero-order valence-corrected chi connectivity index (χ0v) is 11.6. The van der Waals surface area contributed by atoms with E-state index in [1.165, 1.54) is 0 Å². The Morgan fingerprint density at radius 1 is 1.29 bits per heavy atom. The van der Waals surface area contributed by atoms with Crippen molar-refractivity contribution in [3.63, 3.8) is 0 Å². The number of aliphatic hydroxyl groups excluding tert-OH is 1. The molecule has 0 aliphatic rings. The first-order valence-electron chi connectivity index (χ1n) is 5.05. The van der Waals surface area contributed by atoms with Gasteiger partial charge in [0.15, 0.2) is 0 Å². The SMILES string of the molecule is COCC(CO)NCc1c(Cl)ccc(Cl)c1Cl. The molecule has 3 nitrogen and oxygen atoms in total. The molecule has 1 unspecified atom stereocenters. The first-order chi connectivity index (χ1) is 8.10. The second kappa shape index (κ2) is 7.41. The van der Waals surface area contributed by atoms with Crippen molar-refractivity contribution in [2.24, 2.45) is 0 Å². The van der Waals surface area contributed by atoms with Crippen LogP contribution in [0.25, 0.3) is 0 Å². The van der Waals surface area contributed by atoms with Crippen LogP contribution in [0.1, 0.15) is 5.56 Å². The van der Waals surface area contributed by atoms with E-state index in [1.54, 1.807) is 19.2 Å². The number of ether oxygens (including phenoxy) is 1. The number of nitrogens with one attached hydrogen (secondary N) is 1. The Bertz CT molecular complexity index is 374. The lowest BCUT2D eigenvalue weighted by molar-refractivity contribution is 0.128. The molecule has 0 amide bonds. The maximum Gasteiger partial charge on any atom is 0.0652 e. The fourth-order valence-electron chi connectivity index (χ4n) is 1.35. The molecule has 0 heterocycles. The van der Waals surface area contributed by atoms with Gasteiger partial charge in [0.25, 0.3) is 0 Å². The largest absolute Gasteiger partial charge is 0.395 e. The van der Waals surface area contributed by atoms with Gasteiger partial charge in [-0.2, -0.15) is 0 Å². The predicted molar refractivity (Wildman–Crippen MR) is 71.1 cm³/mol. The molecule has 17 heavy (non-hydrogen) atoms. The zero-order chi connectivity index (χ0) is 12.8. The van der Waals surface area contributed by atoms with E-state index < -0.39 is 0 Å². The standard InChI is InChI=1S/C11H14Cl3NO2/c1-17-6-7(5-16)15-4-8-9(12)2-3-10(13)11(8)14/h2-3,7,15-16H,4-6H2,1H3. The second-order valence-electron chi connectivity index (χ2n) is 3.54. The summed E-state index contributed by atoms with van der Waals surface area (Å²) in [6.45, 7) is 0.808. The van der Waals surface area contributed by atoms with E-state index in [2.05, 4.69) is 5.32 Å². The highest BCUT2D eigenvalue weighted by atomic mass is 35.5. The Hall–Kier alpha value is -0.0300. The number of methoxy groups -OCH3 is 1. The van der Waals surface area contributed by atoms with Crippen molar-refractivity contribution in [2.45, 2.75) is 12.6 Å². The average Bonchev–Trinajstić information content (AvgIpc) is 2.32. The molecule has 1 atom stereocenters. The fourth-order valence-corrected chi connectivity index (χ4v) is 2.04. The van der Waals surface area contributed by atoms with Gasteiger partial charge in [-0.25, -0.2) is 0 Å². The van der Waals surface area contributed by atoms with Crippen molar-refractivity contribution in [1.29, 1.82) is 0 Å². The molecule has 96 valence electrons. The van der Waals surface area contributed by atoms with Gasteiger partial charge in [-0.15, -0.1) is 0 Å². The van der Waals surface area contributed by atoms with Crippen LogP contribution in [0.4, 0.5) is 0 Å². The highest BCUT2D eigenvalue weighted by Gasteiger charge is 2.12. The number of hydrogen-bond acceptors (Lipinski definition) is 3. The van der Waals surface area contributed by atoms with Crippen LogP contribution in [-0.2, 0) is 11.3 Å². The van der Waals surface area contributed by atoms with Gasteiger partial charge in [-0.3, -0.25) is 0 Å². The molecule has 0 aliphatic carbocycles. The van der Waals surface area contributed by atoms with E-state index >= 15 is 0 Å². The minimum absolute atomic E-state index is 0.0242. The van der Waals surface area contributed by atoms with Gasteiger partial charge >= 0.3 is 0 Å². The van der Waals surface area contributed by atoms with E-state index in [-0.39, 0.29) is 12.6 Å². The summed E-state index contributed by atoms with van der Waals surface area (Å²) >= 11 is 18.0. The molecule has 1 rings (SSSR count). The molecule has 2 N–H and O–H groups in total. The first-order valence-corrected chi connectivity index (χ1v) is 6.19. The summed E-state index contributed by atoms with van der Waals surface area (Å²) in [4.78, 5) is 0. The summed E-state index contributed by atoms with van der Waals surface area (Å²) in [6, 6.07) is 3.18. The summed E-state index contributed by atoms with van der Waals surface area (Å²) in [7, 11) is 1.57. The second-order valence-corrected chi connectivity index (χ2v) is 4.73. The molecular formula is C11H14Cl3NO2. The van der Waals surface area contributed by atoms with Crippen LogP contribution in [0.5, 0.6) is 0 Å². The van der Waals surface area contributed by atoms with Crippen molar-refractivity contribution in [2.75, 3.05) is 20.3 Å². The van der Waals surface area contributed by atoms with Crippen molar-refractivity contribution in [1.82, 2.24) is 5.32 Å². The van der Waals surface area contributed by atoms with Crippen molar-refractivity contribution in [3.8, 4) is 0 Å². The van der Waals surface area contributed by atoms with E-state index in [4.69, 9.17) is 44.6 Å². The average molecular weight is 299 g/mol. The first kappa shape index (κ1) is 15.0. The lowest BCUT2D eigenvalue weighted by atomic mass is 10.2. The van der Waals surface area contributed by atoms with Gasteiger partial charge in [-0.05, 0) is 12.1 Å². The lowest BCUT2D eigenvalue weighted by Gasteiger charge is -2.16. The van der Waals surface area contributed by atoms with E-state index in [0.29, 0.717) is 28.2 Å². The van der Waals surface area contributed by atoms with Gasteiger partial charge in [-0.1, -0.05) is 34.8 Å². The van der Waals surface area contributed by atoms with E-state index in [1.807, 2.05) is 0 Å². The van der Waals surface area contributed by atoms with Crippen LogP contribution in [0.2, 0.25) is 15.1 Å². The maximum absolute atomic E-state index is 9.09. The molecule has 1 aromatic rings. The Morgan fingerprint density at radius 3 is 2.53 bits per heavy atom. The van der Waals surface area contributed by atoms with Crippen LogP contribution in [0, 0.1) is 0 Å². The molecule has 6 heteroatoms. The van der Waals surface area contributed by atoms with Gasteiger partial charge in [0.2, 0.25) is 0 Å². The fraction of sp³-hybridized carbons (Fsp3) is 0.455. The molecule has 0 aliphatic heterocycles. The zero-order valence-electron chi connectivity index (χ0n) is 9.34. The molecule has 1 aromatic carbocycles. The maximum atomic E-state index is 9.09. The van der Waals surface area contributed by atoms with Gasteiger partial charge in [0.1, 0.15) is 0 Å². The lowest BCUT2D eigenvalue weighted by Crippen LogP contribution is -2.36. The van der Waals surface area contributed by atoms with Gasteiger partial charge in [0.05, 0.1) is 29.3 Å². The Kier molecular flexibility index (Phi) is 6.55. The van der Waals surface area contributed by atoms with Crippen LogP contribution >= 0.6 is 34.8 Å². The van der Waals surface area contributed by atoms with Gasteiger partial charge in [0, 0.05) is 24.2 Å².